The summed E-state index contributed by atoms with van der Waals surface area (Å²) < 4.78 is 32.2. The smallest absolute Gasteiger partial charge is 0.274 e. The largest absolute Gasteiger partial charge is 0.495 e. The molecular weight excluding hydrogens is 330 g/mol. The summed E-state index contributed by atoms with van der Waals surface area (Å²) >= 11 is 7.15. The first kappa shape index (κ1) is 15.9. The SMILES string of the molecule is C=CCN(c1cc(Cl)ccc1OC)S(=O)(=O)c1cccs1. The minimum absolute atomic E-state index is 0.122. The van der Waals surface area contributed by atoms with Crippen molar-refractivity contribution in [2.75, 3.05) is 18.0 Å². The lowest BCUT2D eigenvalue weighted by atomic mass is 10.3. The van der Waals surface area contributed by atoms with Gasteiger partial charge in [0.1, 0.15) is 9.96 Å². The van der Waals surface area contributed by atoms with Gasteiger partial charge < -0.3 is 4.74 Å². The molecule has 0 aliphatic rings. The standard InChI is InChI=1S/C14H14ClNO3S2/c1-3-8-16(21(17,18)14-5-4-9-20-14)12-10-11(15)6-7-13(12)19-2/h3-7,9-10H,1,8H2,2H3. The molecule has 0 bridgehead atoms. The molecule has 1 aromatic heterocycles. The van der Waals surface area contributed by atoms with Crippen LogP contribution < -0.4 is 9.04 Å². The Morgan fingerprint density at radius 2 is 2.19 bits per heavy atom. The summed E-state index contributed by atoms with van der Waals surface area (Å²) in [4.78, 5) is 0. The molecule has 2 rings (SSSR count). The number of nitrogens with zero attached hydrogens (tertiary/aromatic N) is 1. The third-order valence-electron chi connectivity index (χ3n) is 2.74. The highest BCUT2D eigenvalue weighted by Gasteiger charge is 2.27. The molecular formula is C14H14ClNO3S2. The van der Waals surface area contributed by atoms with Gasteiger partial charge in [-0.3, -0.25) is 4.31 Å². The average Bonchev–Trinajstić information content (AvgIpc) is 2.99. The van der Waals surface area contributed by atoms with E-state index in [0.717, 1.165) is 11.3 Å². The van der Waals surface area contributed by atoms with E-state index in [0.29, 0.717) is 16.5 Å². The topological polar surface area (TPSA) is 46.6 Å². The van der Waals surface area contributed by atoms with Crippen molar-refractivity contribution < 1.29 is 13.2 Å². The van der Waals surface area contributed by atoms with Gasteiger partial charge in [-0.1, -0.05) is 23.7 Å². The van der Waals surface area contributed by atoms with Gasteiger partial charge in [0.2, 0.25) is 0 Å². The van der Waals surface area contributed by atoms with Gasteiger partial charge in [0.05, 0.1) is 19.3 Å². The molecule has 4 nitrogen and oxygen atoms in total. The Kier molecular flexibility index (Phi) is 4.92. The molecule has 0 amide bonds. The molecule has 0 N–H and O–H groups in total. The highest BCUT2D eigenvalue weighted by molar-refractivity contribution is 7.94. The predicted octanol–water partition coefficient (Wildman–Crippen LogP) is 3.79. The number of halogens is 1. The van der Waals surface area contributed by atoms with Gasteiger partial charge in [0.25, 0.3) is 10.0 Å². The monoisotopic (exact) mass is 343 g/mol. The van der Waals surface area contributed by atoms with E-state index in [2.05, 4.69) is 6.58 Å². The summed E-state index contributed by atoms with van der Waals surface area (Å²) in [5.74, 6) is 0.432. The highest BCUT2D eigenvalue weighted by atomic mass is 35.5. The summed E-state index contributed by atoms with van der Waals surface area (Å²) in [7, 11) is -2.20. The third-order valence-corrected chi connectivity index (χ3v) is 6.13. The normalized spacial score (nSPS) is 11.1. The lowest BCUT2D eigenvalue weighted by Crippen LogP contribution is -2.31. The van der Waals surface area contributed by atoms with Crippen LogP contribution in [0.4, 0.5) is 5.69 Å². The maximum absolute atomic E-state index is 12.8. The Labute approximate surface area is 133 Å². The van der Waals surface area contributed by atoms with Crippen LogP contribution in [-0.4, -0.2) is 22.1 Å². The van der Waals surface area contributed by atoms with Crippen LogP contribution in [0.1, 0.15) is 0 Å². The van der Waals surface area contributed by atoms with E-state index in [1.807, 2.05) is 0 Å². The molecule has 0 saturated heterocycles. The molecule has 1 aromatic carbocycles. The van der Waals surface area contributed by atoms with Gasteiger partial charge in [-0.15, -0.1) is 17.9 Å². The highest BCUT2D eigenvalue weighted by Crippen LogP contribution is 2.35. The van der Waals surface area contributed by atoms with Gasteiger partial charge >= 0.3 is 0 Å². The average molecular weight is 344 g/mol. The third kappa shape index (κ3) is 3.23. The van der Waals surface area contributed by atoms with Crippen LogP contribution in [0.25, 0.3) is 0 Å². The fourth-order valence-corrected chi connectivity index (χ4v) is 4.53. The fourth-order valence-electron chi connectivity index (χ4n) is 1.82. The van der Waals surface area contributed by atoms with Crippen molar-refractivity contribution in [3.63, 3.8) is 0 Å². The number of benzene rings is 1. The van der Waals surface area contributed by atoms with Crippen molar-refractivity contribution in [3.8, 4) is 5.75 Å². The minimum Gasteiger partial charge on any atom is -0.495 e. The van der Waals surface area contributed by atoms with E-state index < -0.39 is 10.0 Å². The van der Waals surface area contributed by atoms with Crippen LogP contribution in [0.5, 0.6) is 5.75 Å². The lowest BCUT2D eigenvalue weighted by molar-refractivity contribution is 0.415. The molecule has 0 aliphatic carbocycles. The van der Waals surface area contributed by atoms with Crippen LogP contribution in [0.2, 0.25) is 5.02 Å². The number of methoxy groups -OCH3 is 1. The number of hydrogen-bond acceptors (Lipinski definition) is 4. The molecule has 112 valence electrons. The summed E-state index contributed by atoms with van der Waals surface area (Å²) in [5, 5.41) is 2.15. The van der Waals surface area contributed by atoms with Crippen LogP contribution in [0.15, 0.2) is 52.6 Å². The van der Waals surface area contributed by atoms with E-state index in [1.54, 1.807) is 35.7 Å². The first-order chi connectivity index (χ1) is 10.0. The predicted molar refractivity (Wildman–Crippen MR) is 87.1 cm³/mol. The van der Waals surface area contributed by atoms with Gasteiger partial charge in [0, 0.05) is 5.02 Å². The number of thiophene rings is 1. The van der Waals surface area contributed by atoms with Crippen LogP contribution >= 0.6 is 22.9 Å². The van der Waals surface area contributed by atoms with Crippen molar-refractivity contribution in [3.05, 3.63) is 53.4 Å². The Hall–Kier alpha value is -1.50. The lowest BCUT2D eigenvalue weighted by Gasteiger charge is -2.24. The van der Waals surface area contributed by atoms with Crippen molar-refractivity contribution >= 4 is 38.6 Å². The Morgan fingerprint density at radius 1 is 1.43 bits per heavy atom. The summed E-state index contributed by atoms with van der Waals surface area (Å²) in [6.07, 6.45) is 1.52. The summed E-state index contributed by atoms with van der Waals surface area (Å²) in [6, 6.07) is 8.10. The van der Waals surface area contributed by atoms with E-state index in [9.17, 15) is 8.42 Å². The van der Waals surface area contributed by atoms with Crippen molar-refractivity contribution in [2.45, 2.75) is 4.21 Å². The second-order valence-corrected chi connectivity index (χ2v) is 7.55. The zero-order valence-electron chi connectivity index (χ0n) is 11.3. The molecule has 21 heavy (non-hydrogen) atoms. The summed E-state index contributed by atoms with van der Waals surface area (Å²) in [6.45, 7) is 3.74. The molecule has 0 radical (unpaired) electrons. The first-order valence-corrected chi connectivity index (χ1v) is 8.71. The van der Waals surface area contributed by atoms with Crippen molar-refractivity contribution in [1.29, 1.82) is 0 Å². The Morgan fingerprint density at radius 3 is 2.76 bits per heavy atom. The minimum atomic E-state index is -3.68. The Bertz CT molecular complexity index is 727. The van der Waals surface area contributed by atoms with Gasteiger partial charge in [-0.25, -0.2) is 8.42 Å². The number of sulfonamides is 1. The van der Waals surface area contributed by atoms with Crippen molar-refractivity contribution in [2.24, 2.45) is 0 Å². The number of hydrogen-bond donors (Lipinski definition) is 0. The van der Waals surface area contributed by atoms with E-state index >= 15 is 0 Å². The second kappa shape index (κ2) is 6.51. The molecule has 2 aromatic rings. The molecule has 0 spiro atoms. The number of rotatable bonds is 6. The molecule has 0 saturated carbocycles. The zero-order valence-corrected chi connectivity index (χ0v) is 13.7. The first-order valence-electron chi connectivity index (χ1n) is 6.01. The van der Waals surface area contributed by atoms with Crippen molar-refractivity contribution in [1.82, 2.24) is 0 Å². The second-order valence-electron chi connectivity index (χ2n) is 4.07. The zero-order chi connectivity index (χ0) is 15.5. The Balaban J connectivity index is 2.59. The van der Waals surface area contributed by atoms with Crippen LogP contribution in [-0.2, 0) is 10.0 Å². The molecule has 7 heteroatoms. The number of ether oxygens (including phenoxy) is 1. The fraction of sp³-hybridized carbons (Fsp3) is 0.143. The molecule has 0 unspecified atom stereocenters. The molecule has 1 heterocycles. The maximum Gasteiger partial charge on any atom is 0.274 e. The molecule has 0 aliphatic heterocycles. The number of anilines is 1. The molecule has 0 atom stereocenters. The summed E-state index contributed by atoms with van der Waals surface area (Å²) in [5.41, 5.74) is 0.387. The quantitative estimate of drug-likeness (QED) is 0.750. The van der Waals surface area contributed by atoms with Crippen LogP contribution in [0.3, 0.4) is 0 Å². The van der Waals surface area contributed by atoms with E-state index in [1.165, 1.54) is 17.5 Å². The van der Waals surface area contributed by atoms with Crippen LogP contribution in [0, 0.1) is 0 Å². The van der Waals surface area contributed by atoms with Gasteiger partial charge in [-0.05, 0) is 29.6 Å². The molecule has 0 fully saturated rings. The maximum atomic E-state index is 12.8. The van der Waals surface area contributed by atoms with Gasteiger partial charge in [-0.2, -0.15) is 0 Å². The van der Waals surface area contributed by atoms with E-state index in [-0.39, 0.29) is 10.8 Å². The van der Waals surface area contributed by atoms with E-state index in [4.69, 9.17) is 16.3 Å². The van der Waals surface area contributed by atoms with Gasteiger partial charge in [0.15, 0.2) is 0 Å².